The number of carbonyl (C=O) groups excluding carboxylic acids is 1. The molecule has 1 aromatic carbocycles. The summed E-state index contributed by atoms with van der Waals surface area (Å²) in [6.07, 6.45) is 5.12. The van der Waals surface area contributed by atoms with Gasteiger partial charge >= 0.3 is 0 Å². The quantitative estimate of drug-likeness (QED) is 0.725. The average molecular weight is 390 g/mol. The van der Waals surface area contributed by atoms with Crippen molar-refractivity contribution in [2.45, 2.75) is 33.2 Å². The molecule has 1 aliphatic rings. The number of carbonyl (C=O) groups is 1. The zero-order valence-corrected chi connectivity index (χ0v) is 16.9. The third-order valence-electron chi connectivity index (χ3n) is 5.58. The van der Waals surface area contributed by atoms with Crippen molar-refractivity contribution in [3.63, 3.8) is 0 Å². The van der Waals surface area contributed by atoms with Gasteiger partial charge < -0.3 is 10.2 Å². The van der Waals surface area contributed by atoms with E-state index < -0.39 is 0 Å². The molecule has 150 valence electrons. The molecule has 0 unspecified atom stereocenters. The molecule has 1 aliphatic heterocycles. The largest absolute Gasteiger partial charge is 0.352 e. The summed E-state index contributed by atoms with van der Waals surface area (Å²) >= 11 is 0. The lowest BCUT2D eigenvalue weighted by Crippen LogP contribution is -2.41. The normalized spacial score (nSPS) is 14.8. The molecule has 7 nitrogen and oxygen atoms in total. The number of piperidine rings is 1. The molecule has 1 N–H and O–H groups in total. The highest BCUT2D eigenvalue weighted by Crippen LogP contribution is 2.21. The number of hydrogen-bond donors (Lipinski definition) is 1. The predicted octanol–water partition coefficient (Wildman–Crippen LogP) is 2.81. The zero-order valence-electron chi connectivity index (χ0n) is 16.9. The number of aromatic nitrogens is 4. The van der Waals surface area contributed by atoms with Gasteiger partial charge in [0.15, 0.2) is 0 Å². The molecule has 29 heavy (non-hydrogen) atoms. The van der Waals surface area contributed by atoms with Crippen LogP contribution in [0.1, 0.15) is 29.8 Å². The van der Waals surface area contributed by atoms with Gasteiger partial charge in [-0.2, -0.15) is 5.10 Å². The van der Waals surface area contributed by atoms with Crippen molar-refractivity contribution in [2.24, 2.45) is 5.92 Å². The molecule has 1 saturated heterocycles. The lowest BCUT2D eigenvalue weighted by atomic mass is 9.96. The number of nitrogens with one attached hydrogen (secondary N) is 1. The van der Waals surface area contributed by atoms with Gasteiger partial charge in [0, 0.05) is 49.2 Å². The number of amides is 1. The SMILES string of the molecule is Cc1nn(-c2ccccc2)c(C)c1CNC(=O)C1CCN(c2ncccn2)CC1. The van der Waals surface area contributed by atoms with Crippen LogP contribution in [0.4, 0.5) is 5.95 Å². The maximum Gasteiger partial charge on any atom is 0.225 e. The number of para-hydroxylation sites is 1. The van der Waals surface area contributed by atoms with Crippen molar-refractivity contribution in [3.8, 4) is 5.69 Å². The Bertz CT molecular complexity index is 962. The molecule has 3 heterocycles. The van der Waals surface area contributed by atoms with E-state index in [4.69, 9.17) is 0 Å². The predicted molar refractivity (Wildman–Crippen MR) is 112 cm³/mol. The minimum atomic E-state index is 0.0275. The highest BCUT2D eigenvalue weighted by molar-refractivity contribution is 5.79. The summed E-state index contributed by atoms with van der Waals surface area (Å²) < 4.78 is 1.94. The highest BCUT2D eigenvalue weighted by Gasteiger charge is 2.26. The number of hydrogen-bond acceptors (Lipinski definition) is 5. The second kappa shape index (κ2) is 8.43. The smallest absolute Gasteiger partial charge is 0.225 e. The number of rotatable bonds is 5. The summed E-state index contributed by atoms with van der Waals surface area (Å²) in [6, 6.07) is 11.9. The van der Waals surface area contributed by atoms with E-state index in [1.54, 1.807) is 12.4 Å². The minimum absolute atomic E-state index is 0.0275. The number of nitrogens with zero attached hydrogens (tertiary/aromatic N) is 5. The lowest BCUT2D eigenvalue weighted by molar-refractivity contribution is -0.125. The first-order valence-corrected chi connectivity index (χ1v) is 10.0. The van der Waals surface area contributed by atoms with Crippen LogP contribution >= 0.6 is 0 Å². The molecule has 0 radical (unpaired) electrons. The van der Waals surface area contributed by atoms with Gasteiger partial charge in [0.2, 0.25) is 11.9 Å². The Hall–Kier alpha value is -3.22. The van der Waals surface area contributed by atoms with Gasteiger partial charge in [0.1, 0.15) is 0 Å². The second-order valence-corrected chi connectivity index (χ2v) is 7.42. The van der Waals surface area contributed by atoms with Crippen LogP contribution in [0, 0.1) is 19.8 Å². The van der Waals surface area contributed by atoms with Crippen molar-refractivity contribution in [2.75, 3.05) is 18.0 Å². The van der Waals surface area contributed by atoms with Crippen LogP contribution in [0.5, 0.6) is 0 Å². The van der Waals surface area contributed by atoms with Crippen LogP contribution in [0.2, 0.25) is 0 Å². The molecule has 0 bridgehead atoms. The molecule has 3 aromatic rings. The van der Waals surface area contributed by atoms with E-state index in [0.717, 1.165) is 54.5 Å². The molecule has 4 rings (SSSR count). The topological polar surface area (TPSA) is 75.9 Å². The molecule has 0 saturated carbocycles. The van der Waals surface area contributed by atoms with Gasteiger partial charge in [0.05, 0.1) is 11.4 Å². The van der Waals surface area contributed by atoms with Crippen LogP contribution < -0.4 is 10.2 Å². The maximum absolute atomic E-state index is 12.7. The van der Waals surface area contributed by atoms with E-state index in [1.165, 1.54) is 0 Å². The highest BCUT2D eigenvalue weighted by atomic mass is 16.1. The Morgan fingerprint density at radius 3 is 2.45 bits per heavy atom. The molecule has 7 heteroatoms. The first-order chi connectivity index (χ1) is 14.1. The lowest BCUT2D eigenvalue weighted by Gasteiger charge is -2.31. The Morgan fingerprint density at radius 1 is 1.07 bits per heavy atom. The van der Waals surface area contributed by atoms with E-state index in [0.29, 0.717) is 6.54 Å². The summed E-state index contributed by atoms with van der Waals surface area (Å²) in [5.41, 5.74) is 4.12. The Labute approximate surface area is 170 Å². The van der Waals surface area contributed by atoms with Crippen molar-refractivity contribution in [1.29, 1.82) is 0 Å². The van der Waals surface area contributed by atoms with Crippen LogP contribution in [0.25, 0.3) is 5.69 Å². The fraction of sp³-hybridized carbons (Fsp3) is 0.364. The monoisotopic (exact) mass is 390 g/mol. The zero-order chi connectivity index (χ0) is 20.2. The summed E-state index contributed by atoms with van der Waals surface area (Å²) in [4.78, 5) is 23.5. The summed E-state index contributed by atoms with van der Waals surface area (Å²) in [7, 11) is 0. The number of benzene rings is 1. The van der Waals surface area contributed by atoms with Gasteiger partial charge in [-0.1, -0.05) is 18.2 Å². The standard InChI is InChI=1S/C22H26N6O/c1-16-20(17(2)28(26-16)19-7-4-3-5-8-19)15-25-21(29)18-9-13-27(14-10-18)22-23-11-6-12-24-22/h3-8,11-12,18H,9-10,13-15H2,1-2H3,(H,25,29). The molecule has 2 aromatic heterocycles. The van der Waals surface area contributed by atoms with Crippen LogP contribution in [-0.4, -0.2) is 38.7 Å². The number of aryl methyl sites for hydroxylation is 1. The first kappa shape index (κ1) is 19.1. The van der Waals surface area contributed by atoms with Gasteiger partial charge in [-0.25, -0.2) is 14.6 Å². The van der Waals surface area contributed by atoms with Crippen molar-refractivity contribution in [3.05, 3.63) is 65.7 Å². The van der Waals surface area contributed by atoms with Gasteiger partial charge in [-0.05, 0) is 44.9 Å². The number of anilines is 1. The average Bonchev–Trinajstić information content (AvgIpc) is 3.07. The Kier molecular flexibility index (Phi) is 5.55. The van der Waals surface area contributed by atoms with E-state index in [2.05, 4.69) is 25.3 Å². The molecule has 1 fully saturated rings. The third kappa shape index (κ3) is 4.13. The molecule has 0 aliphatic carbocycles. The van der Waals surface area contributed by atoms with E-state index in [9.17, 15) is 4.79 Å². The van der Waals surface area contributed by atoms with E-state index in [1.807, 2.05) is 54.9 Å². The van der Waals surface area contributed by atoms with Crippen molar-refractivity contribution < 1.29 is 4.79 Å². The molecule has 0 spiro atoms. The fourth-order valence-corrected chi connectivity index (χ4v) is 3.87. The summed E-state index contributed by atoms with van der Waals surface area (Å²) in [5.74, 6) is 0.885. The second-order valence-electron chi connectivity index (χ2n) is 7.42. The maximum atomic E-state index is 12.7. The van der Waals surface area contributed by atoms with Gasteiger partial charge in [-0.3, -0.25) is 4.79 Å². The third-order valence-corrected chi connectivity index (χ3v) is 5.58. The minimum Gasteiger partial charge on any atom is -0.352 e. The molecule has 0 atom stereocenters. The fourth-order valence-electron chi connectivity index (χ4n) is 3.87. The van der Waals surface area contributed by atoms with E-state index in [-0.39, 0.29) is 11.8 Å². The Balaban J connectivity index is 1.35. The molecular formula is C22H26N6O. The van der Waals surface area contributed by atoms with Gasteiger partial charge in [-0.15, -0.1) is 0 Å². The Morgan fingerprint density at radius 2 is 1.76 bits per heavy atom. The molecule has 1 amide bonds. The first-order valence-electron chi connectivity index (χ1n) is 10.0. The van der Waals surface area contributed by atoms with Gasteiger partial charge in [0.25, 0.3) is 0 Å². The van der Waals surface area contributed by atoms with E-state index >= 15 is 0 Å². The van der Waals surface area contributed by atoms with Crippen molar-refractivity contribution >= 4 is 11.9 Å². The summed E-state index contributed by atoms with van der Waals surface area (Å²) in [6.45, 7) is 6.14. The molecular weight excluding hydrogens is 364 g/mol. The van der Waals surface area contributed by atoms with Crippen molar-refractivity contribution in [1.82, 2.24) is 25.1 Å². The van der Waals surface area contributed by atoms with Crippen LogP contribution in [0.15, 0.2) is 48.8 Å². The summed E-state index contributed by atoms with van der Waals surface area (Å²) in [5, 5.41) is 7.79. The van der Waals surface area contributed by atoms with Crippen LogP contribution in [-0.2, 0) is 11.3 Å². The van der Waals surface area contributed by atoms with Crippen LogP contribution in [0.3, 0.4) is 0 Å².